The second-order valence-corrected chi connectivity index (χ2v) is 7.00. The molecular formula is C17H22F3N3O. The van der Waals surface area contributed by atoms with Crippen LogP contribution in [-0.2, 0) is 23.8 Å². The first-order chi connectivity index (χ1) is 11.2. The zero-order chi connectivity index (χ0) is 17.6. The molecule has 0 bridgehead atoms. The number of halogens is 3. The van der Waals surface area contributed by atoms with E-state index in [1.165, 1.54) is 6.92 Å². The zero-order valence-corrected chi connectivity index (χ0v) is 14.2. The maximum Gasteiger partial charge on any atom is 0.433 e. The van der Waals surface area contributed by atoms with Crippen molar-refractivity contribution >= 4 is 5.91 Å². The fourth-order valence-corrected chi connectivity index (χ4v) is 4.02. The first kappa shape index (κ1) is 17.2. The van der Waals surface area contributed by atoms with Crippen molar-refractivity contribution in [2.24, 2.45) is 5.92 Å². The molecule has 0 spiro atoms. The predicted molar refractivity (Wildman–Crippen MR) is 82.3 cm³/mol. The lowest BCUT2D eigenvalue weighted by molar-refractivity contribution is -0.144. The number of carbonyl (C=O) groups is 1. The van der Waals surface area contributed by atoms with Crippen molar-refractivity contribution in [1.29, 1.82) is 0 Å². The second-order valence-electron chi connectivity index (χ2n) is 7.00. The number of hydrogen-bond donors (Lipinski definition) is 0. The van der Waals surface area contributed by atoms with Gasteiger partial charge in [0.25, 0.3) is 0 Å². The van der Waals surface area contributed by atoms with Gasteiger partial charge in [-0.25, -0.2) is 9.97 Å². The highest BCUT2D eigenvalue weighted by Crippen LogP contribution is 2.37. The average molecular weight is 341 g/mol. The molecule has 24 heavy (non-hydrogen) atoms. The molecule has 2 aliphatic rings. The van der Waals surface area contributed by atoms with Crippen molar-refractivity contribution in [3.63, 3.8) is 0 Å². The van der Waals surface area contributed by atoms with E-state index in [9.17, 15) is 18.0 Å². The van der Waals surface area contributed by atoms with E-state index >= 15 is 0 Å². The van der Waals surface area contributed by atoms with Crippen LogP contribution in [0.1, 0.15) is 55.9 Å². The molecule has 0 N–H and O–H groups in total. The molecular weight excluding hydrogens is 319 g/mol. The predicted octanol–water partition coefficient (Wildman–Crippen LogP) is 3.31. The smallest absolute Gasteiger partial charge is 0.337 e. The van der Waals surface area contributed by atoms with E-state index in [2.05, 4.69) is 9.97 Å². The molecule has 2 heterocycles. The highest BCUT2D eigenvalue weighted by molar-refractivity contribution is 5.80. The van der Waals surface area contributed by atoms with Gasteiger partial charge < -0.3 is 4.90 Å². The van der Waals surface area contributed by atoms with Crippen molar-refractivity contribution in [2.45, 2.75) is 71.1 Å². The zero-order valence-electron chi connectivity index (χ0n) is 14.2. The minimum atomic E-state index is -4.52. The number of alkyl halides is 3. The van der Waals surface area contributed by atoms with Crippen molar-refractivity contribution in [1.82, 2.24) is 14.9 Å². The van der Waals surface area contributed by atoms with Gasteiger partial charge >= 0.3 is 6.18 Å². The van der Waals surface area contributed by atoms with Crippen LogP contribution in [0.3, 0.4) is 0 Å². The van der Waals surface area contributed by atoms with Gasteiger partial charge in [0.1, 0.15) is 5.82 Å². The normalized spacial score (nSPS) is 27.2. The Labute approximate surface area is 139 Å². The van der Waals surface area contributed by atoms with Gasteiger partial charge in [0.05, 0.1) is 0 Å². The number of hydrogen-bond acceptors (Lipinski definition) is 3. The third-order valence-corrected chi connectivity index (χ3v) is 5.21. The summed E-state index contributed by atoms with van der Waals surface area (Å²) < 4.78 is 40.0. The van der Waals surface area contributed by atoms with Crippen molar-refractivity contribution in [2.75, 3.05) is 0 Å². The summed E-state index contributed by atoms with van der Waals surface area (Å²) in [5.41, 5.74) is -0.316. The van der Waals surface area contributed by atoms with E-state index in [0.717, 1.165) is 12.8 Å². The molecule has 132 valence electrons. The molecule has 3 rings (SSSR count). The fraction of sp³-hybridized carbons (Fsp3) is 0.706. The van der Waals surface area contributed by atoms with Crippen molar-refractivity contribution in [3.8, 4) is 0 Å². The van der Waals surface area contributed by atoms with Crippen LogP contribution in [0.15, 0.2) is 0 Å². The summed E-state index contributed by atoms with van der Waals surface area (Å²) in [5, 5.41) is 0. The molecule has 7 heteroatoms. The number of amides is 1. The molecule has 1 fully saturated rings. The van der Waals surface area contributed by atoms with Gasteiger partial charge in [-0.05, 0) is 52.9 Å². The quantitative estimate of drug-likeness (QED) is 0.787. The molecule has 0 aromatic carbocycles. The Morgan fingerprint density at radius 1 is 1.12 bits per heavy atom. The van der Waals surface area contributed by atoms with E-state index in [-0.39, 0.29) is 35.8 Å². The number of nitrogens with zero attached hydrogens (tertiary/aromatic N) is 3. The van der Waals surface area contributed by atoms with E-state index in [0.29, 0.717) is 18.5 Å². The van der Waals surface area contributed by atoms with Crippen LogP contribution in [0.5, 0.6) is 0 Å². The Kier molecular flexibility index (Phi) is 4.30. The van der Waals surface area contributed by atoms with E-state index in [4.69, 9.17) is 0 Å². The number of carbonyl (C=O) groups excluding carboxylic acids is 1. The number of aromatic nitrogens is 2. The Hall–Kier alpha value is -1.66. The molecule has 1 aromatic rings. The SMILES string of the molecule is Cc1nc2c(c(C(F)(F)F)n1)C[C@H](C(=O)N1[C@@H](C)CC[C@@H]1C)CC2. The van der Waals surface area contributed by atoms with Crippen LogP contribution >= 0.6 is 0 Å². The minimum Gasteiger partial charge on any atom is -0.337 e. The highest BCUT2D eigenvalue weighted by Gasteiger charge is 2.42. The average Bonchev–Trinajstić information content (AvgIpc) is 2.83. The summed E-state index contributed by atoms with van der Waals surface area (Å²) in [5.74, 6) is -0.299. The molecule has 1 aliphatic carbocycles. The molecule has 4 nitrogen and oxygen atoms in total. The van der Waals surface area contributed by atoms with Gasteiger partial charge in [-0.2, -0.15) is 13.2 Å². The molecule has 1 aliphatic heterocycles. The Balaban J connectivity index is 1.90. The molecule has 0 unspecified atom stereocenters. The second kappa shape index (κ2) is 6.01. The number of likely N-dealkylation sites (tertiary alicyclic amines) is 1. The molecule has 1 saturated heterocycles. The maximum absolute atomic E-state index is 13.3. The first-order valence-electron chi connectivity index (χ1n) is 8.44. The van der Waals surface area contributed by atoms with Crippen LogP contribution in [0.25, 0.3) is 0 Å². The summed E-state index contributed by atoms with van der Waals surface area (Å²) in [6.07, 6.45) is -1.58. The molecule has 3 atom stereocenters. The lowest BCUT2D eigenvalue weighted by Crippen LogP contribution is -2.44. The van der Waals surface area contributed by atoms with Gasteiger partial charge in [-0.1, -0.05) is 0 Å². The lowest BCUT2D eigenvalue weighted by Gasteiger charge is -2.33. The lowest BCUT2D eigenvalue weighted by atomic mass is 9.84. The monoisotopic (exact) mass is 341 g/mol. The van der Waals surface area contributed by atoms with Crippen LogP contribution in [0.2, 0.25) is 0 Å². The third-order valence-electron chi connectivity index (χ3n) is 5.21. The fourth-order valence-electron chi connectivity index (χ4n) is 4.02. The molecule has 0 radical (unpaired) electrons. The van der Waals surface area contributed by atoms with Gasteiger partial charge in [0.15, 0.2) is 5.69 Å². The van der Waals surface area contributed by atoms with Gasteiger partial charge in [-0.15, -0.1) is 0 Å². The summed E-state index contributed by atoms with van der Waals surface area (Å²) in [4.78, 5) is 22.5. The van der Waals surface area contributed by atoms with E-state index in [1.54, 1.807) is 0 Å². The van der Waals surface area contributed by atoms with Gasteiger partial charge in [0.2, 0.25) is 5.91 Å². The number of fused-ring (bicyclic) bond motifs is 1. The molecule has 1 aromatic heterocycles. The van der Waals surface area contributed by atoms with Crippen LogP contribution < -0.4 is 0 Å². The standard InChI is InChI=1S/C17H22F3N3O/c1-9-4-5-10(2)23(9)16(24)12-6-7-14-13(8-12)15(17(18,19)20)22-11(3)21-14/h9-10,12H,4-8H2,1-3H3/t9-,10-,12+/m0/s1. The van der Waals surface area contributed by atoms with Crippen molar-refractivity contribution in [3.05, 3.63) is 22.8 Å². The Bertz CT molecular complexity index is 649. The highest BCUT2D eigenvalue weighted by atomic mass is 19.4. The van der Waals surface area contributed by atoms with Crippen molar-refractivity contribution < 1.29 is 18.0 Å². The maximum atomic E-state index is 13.3. The molecule has 0 saturated carbocycles. The van der Waals surface area contributed by atoms with Crippen LogP contribution in [-0.4, -0.2) is 32.9 Å². The summed E-state index contributed by atoms with van der Waals surface area (Å²) >= 11 is 0. The topological polar surface area (TPSA) is 46.1 Å². The number of aryl methyl sites for hydroxylation is 2. The largest absolute Gasteiger partial charge is 0.433 e. The van der Waals surface area contributed by atoms with E-state index < -0.39 is 17.8 Å². The Morgan fingerprint density at radius 3 is 2.33 bits per heavy atom. The molecule has 1 amide bonds. The minimum absolute atomic E-state index is 0.0214. The van der Waals surface area contributed by atoms with Gasteiger partial charge in [0, 0.05) is 29.3 Å². The van der Waals surface area contributed by atoms with E-state index in [1.807, 2.05) is 18.7 Å². The van der Waals surface area contributed by atoms with Gasteiger partial charge in [-0.3, -0.25) is 4.79 Å². The van der Waals surface area contributed by atoms with Crippen LogP contribution in [0.4, 0.5) is 13.2 Å². The van der Waals surface area contributed by atoms with Crippen LogP contribution in [0, 0.1) is 12.8 Å². The number of rotatable bonds is 1. The summed E-state index contributed by atoms with van der Waals surface area (Å²) in [6, 6.07) is 0.315. The summed E-state index contributed by atoms with van der Waals surface area (Å²) in [7, 11) is 0. The summed E-state index contributed by atoms with van der Waals surface area (Å²) in [6.45, 7) is 5.48. The first-order valence-corrected chi connectivity index (χ1v) is 8.44. The Morgan fingerprint density at radius 2 is 1.75 bits per heavy atom. The third kappa shape index (κ3) is 3.00.